The topological polar surface area (TPSA) is 17.1 Å². The van der Waals surface area contributed by atoms with Gasteiger partial charge in [0.15, 0.2) is 0 Å². The van der Waals surface area contributed by atoms with Crippen molar-refractivity contribution in [1.29, 1.82) is 0 Å². The van der Waals surface area contributed by atoms with E-state index in [-0.39, 0.29) is 0 Å². The summed E-state index contributed by atoms with van der Waals surface area (Å²) < 4.78 is 23.9. The molecule has 1 aromatic carbocycles. The molecule has 0 bridgehead atoms. The molecule has 0 heterocycles. The molecule has 0 amide bonds. The van der Waals surface area contributed by atoms with Gasteiger partial charge >= 0.3 is 0 Å². The van der Waals surface area contributed by atoms with Crippen molar-refractivity contribution in [1.82, 2.24) is 0 Å². The summed E-state index contributed by atoms with van der Waals surface area (Å²) in [6.07, 6.45) is -3.01. The van der Waals surface area contributed by atoms with Crippen molar-refractivity contribution >= 4 is 17.4 Å². The Bertz CT molecular complexity index is 287. The summed E-state index contributed by atoms with van der Waals surface area (Å²) in [5.41, 5.74) is 0.398. The van der Waals surface area contributed by atoms with E-state index in [4.69, 9.17) is 11.6 Å². The lowest BCUT2D eigenvalue weighted by Crippen LogP contribution is -2.15. The standard InChI is InChI=1S/C9H7ClF2O/c10-7(8(13)9(11)12)6-4-2-1-3-5-6/h1-5,7,9H. The van der Waals surface area contributed by atoms with E-state index in [2.05, 4.69) is 0 Å². The van der Waals surface area contributed by atoms with Crippen LogP contribution in [0.4, 0.5) is 8.78 Å². The van der Waals surface area contributed by atoms with Crippen LogP contribution in [0.2, 0.25) is 0 Å². The SMILES string of the molecule is O=C(C(F)F)C(Cl)c1ccccc1. The van der Waals surface area contributed by atoms with Gasteiger partial charge in [-0.1, -0.05) is 30.3 Å². The Balaban J connectivity index is 2.80. The van der Waals surface area contributed by atoms with Crippen LogP contribution in [0.3, 0.4) is 0 Å². The van der Waals surface area contributed by atoms with Crippen LogP contribution in [-0.2, 0) is 4.79 Å². The van der Waals surface area contributed by atoms with Gasteiger partial charge in [0.05, 0.1) is 0 Å². The van der Waals surface area contributed by atoms with Gasteiger partial charge < -0.3 is 0 Å². The summed E-state index contributed by atoms with van der Waals surface area (Å²) in [6.45, 7) is 0. The number of ketones is 1. The van der Waals surface area contributed by atoms with Crippen LogP contribution in [0, 0.1) is 0 Å². The maximum Gasteiger partial charge on any atom is 0.297 e. The molecule has 0 spiro atoms. The van der Waals surface area contributed by atoms with Gasteiger partial charge in [-0.05, 0) is 5.56 Å². The number of alkyl halides is 3. The van der Waals surface area contributed by atoms with Crippen LogP contribution in [0.15, 0.2) is 30.3 Å². The first-order valence-corrected chi connectivity index (χ1v) is 4.07. The number of hydrogen-bond donors (Lipinski definition) is 0. The Morgan fingerprint density at radius 3 is 2.23 bits per heavy atom. The van der Waals surface area contributed by atoms with Gasteiger partial charge in [0, 0.05) is 0 Å². The zero-order valence-electron chi connectivity index (χ0n) is 6.58. The first kappa shape index (κ1) is 10.1. The van der Waals surface area contributed by atoms with Crippen molar-refractivity contribution in [2.45, 2.75) is 11.8 Å². The van der Waals surface area contributed by atoms with E-state index in [1.807, 2.05) is 0 Å². The maximum atomic E-state index is 11.9. The van der Waals surface area contributed by atoms with Crippen molar-refractivity contribution in [2.75, 3.05) is 0 Å². The molecule has 0 aromatic heterocycles. The van der Waals surface area contributed by atoms with Gasteiger partial charge in [-0.15, -0.1) is 11.6 Å². The molecule has 70 valence electrons. The summed E-state index contributed by atoms with van der Waals surface area (Å²) in [4.78, 5) is 10.8. The molecule has 1 aromatic rings. The number of carbonyl (C=O) groups is 1. The number of benzene rings is 1. The van der Waals surface area contributed by atoms with Crippen LogP contribution in [0.5, 0.6) is 0 Å². The number of carbonyl (C=O) groups excluding carboxylic acids is 1. The molecule has 1 atom stereocenters. The molecule has 0 fully saturated rings. The van der Waals surface area contributed by atoms with Crippen LogP contribution in [0.1, 0.15) is 10.9 Å². The number of halogens is 3. The highest BCUT2D eigenvalue weighted by Gasteiger charge is 2.25. The van der Waals surface area contributed by atoms with Gasteiger partial charge in [-0.3, -0.25) is 4.79 Å². The smallest absolute Gasteiger partial charge is 0.291 e. The van der Waals surface area contributed by atoms with E-state index < -0.39 is 17.6 Å². The summed E-state index contributed by atoms with van der Waals surface area (Å²) in [6, 6.07) is 8.09. The quantitative estimate of drug-likeness (QED) is 0.692. The van der Waals surface area contributed by atoms with Crippen molar-refractivity contribution in [3.05, 3.63) is 35.9 Å². The molecule has 0 aliphatic rings. The second kappa shape index (κ2) is 4.33. The van der Waals surface area contributed by atoms with Gasteiger partial charge in [-0.25, -0.2) is 8.78 Å². The summed E-state index contributed by atoms with van der Waals surface area (Å²) >= 11 is 5.52. The average molecular weight is 205 g/mol. The normalized spacial score (nSPS) is 12.9. The molecule has 1 unspecified atom stereocenters. The highest BCUT2D eigenvalue weighted by atomic mass is 35.5. The van der Waals surface area contributed by atoms with E-state index >= 15 is 0 Å². The van der Waals surface area contributed by atoms with E-state index in [0.717, 1.165) is 0 Å². The fraction of sp³-hybridized carbons (Fsp3) is 0.222. The van der Waals surface area contributed by atoms with Crippen LogP contribution < -0.4 is 0 Å². The molecule has 0 radical (unpaired) electrons. The average Bonchev–Trinajstić information content (AvgIpc) is 2.17. The molecule has 0 saturated carbocycles. The third-order valence-electron chi connectivity index (χ3n) is 1.56. The summed E-state index contributed by atoms with van der Waals surface area (Å²) in [7, 11) is 0. The number of Topliss-reactive ketones (excluding diaryl/α,β-unsaturated/α-hetero) is 1. The Morgan fingerprint density at radius 2 is 1.77 bits per heavy atom. The second-order valence-electron chi connectivity index (χ2n) is 2.48. The summed E-state index contributed by atoms with van der Waals surface area (Å²) in [5.74, 6) is -1.26. The summed E-state index contributed by atoms with van der Waals surface area (Å²) in [5, 5.41) is -1.25. The number of hydrogen-bond acceptors (Lipinski definition) is 1. The lowest BCUT2D eigenvalue weighted by Gasteiger charge is -2.06. The molecule has 1 nitrogen and oxygen atoms in total. The van der Waals surface area contributed by atoms with Crippen molar-refractivity contribution in [3.63, 3.8) is 0 Å². The second-order valence-corrected chi connectivity index (χ2v) is 2.91. The molecule has 0 aliphatic carbocycles. The van der Waals surface area contributed by atoms with E-state index in [0.29, 0.717) is 5.56 Å². The van der Waals surface area contributed by atoms with Gasteiger partial charge in [0.1, 0.15) is 5.38 Å². The van der Waals surface area contributed by atoms with Crippen LogP contribution >= 0.6 is 11.6 Å². The minimum atomic E-state index is -3.01. The maximum absolute atomic E-state index is 11.9. The Morgan fingerprint density at radius 1 is 1.23 bits per heavy atom. The molecule has 0 saturated heterocycles. The molecule has 13 heavy (non-hydrogen) atoms. The Hall–Kier alpha value is -0.960. The third kappa shape index (κ3) is 2.49. The highest BCUT2D eigenvalue weighted by Crippen LogP contribution is 2.23. The van der Waals surface area contributed by atoms with Crippen molar-refractivity contribution in [2.24, 2.45) is 0 Å². The predicted octanol–water partition coefficient (Wildman–Crippen LogP) is 2.80. The molecule has 1 rings (SSSR count). The van der Waals surface area contributed by atoms with Gasteiger partial charge in [0.2, 0.25) is 5.78 Å². The fourth-order valence-electron chi connectivity index (χ4n) is 0.897. The number of rotatable bonds is 3. The third-order valence-corrected chi connectivity index (χ3v) is 2.02. The predicted molar refractivity (Wildman–Crippen MR) is 46.0 cm³/mol. The zero-order chi connectivity index (χ0) is 9.84. The Labute approximate surface area is 79.3 Å². The van der Waals surface area contributed by atoms with Crippen molar-refractivity contribution in [3.8, 4) is 0 Å². The lowest BCUT2D eigenvalue weighted by molar-refractivity contribution is -0.129. The monoisotopic (exact) mass is 204 g/mol. The van der Waals surface area contributed by atoms with Crippen molar-refractivity contribution < 1.29 is 13.6 Å². The van der Waals surface area contributed by atoms with E-state index in [1.165, 1.54) is 12.1 Å². The molecule has 0 aliphatic heterocycles. The minimum Gasteiger partial charge on any atom is -0.291 e. The van der Waals surface area contributed by atoms with E-state index in [9.17, 15) is 13.6 Å². The zero-order valence-corrected chi connectivity index (χ0v) is 7.34. The fourth-order valence-corrected chi connectivity index (χ4v) is 1.14. The first-order valence-electron chi connectivity index (χ1n) is 3.64. The van der Waals surface area contributed by atoms with Gasteiger partial charge in [-0.2, -0.15) is 0 Å². The first-order chi connectivity index (χ1) is 6.13. The molecule has 4 heteroatoms. The van der Waals surface area contributed by atoms with Crippen LogP contribution in [0.25, 0.3) is 0 Å². The highest BCUT2D eigenvalue weighted by molar-refractivity contribution is 6.31. The molecule has 0 N–H and O–H groups in total. The van der Waals surface area contributed by atoms with Crippen LogP contribution in [-0.4, -0.2) is 12.2 Å². The Kier molecular flexibility index (Phi) is 3.37. The van der Waals surface area contributed by atoms with E-state index in [1.54, 1.807) is 18.2 Å². The largest absolute Gasteiger partial charge is 0.297 e. The minimum absolute atomic E-state index is 0.398. The van der Waals surface area contributed by atoms with Gasteiger partial charge in [0.25, 0.3) is 6.43 Å². The molecular formula is C9H7ClF2O. The molecular weight excluding hydrogens is 198 g/mol. The lowest BCUT2D eigenvalue weighted by atomic mass is 10.1.